The van der Waals surface area contributed by atoms with Crippen LogP contribution in [0, 0.1) is 5.92 Å². The van der Waals surface area contributed by atoms with Crippen molar-refractivity contribution in [3.63, 3.8) is 0 Å². The second-order valence-corrected chi connectivity index (χ2v) is 9.06. The Morgan fingerprint density at radius 2 is 1.76 bits per heavy atom. The van der Waals surface area contributed by atoms with Crippen molar-refractivity contribution in [2.24, 2.45) is 5.92 Å². The highest BCUT2D eigenvalue weighted by atomic mass is 32.2. The lowest BCUT2D eigenvalue weighted by Crippen LogP contribution is -2.52. The summed E-state index contributed by atoms with van der Waals surface area (Å²) in [6.45, 7) is 1.73. The van der Waals surface area contributed by atoms with E-state index in [4.69, 9.17) is 9.47 Å². The van der Waals surface area contributed by atoms with Gasteiger partial charge in [-0.1, -0.05) is 0 Å². The van der Waals surface area contributed by atoms with Crippen LogP contribution in [0.25, 0.3) is 0 Å². The van der Waals surface area contributed by atoms with Gasteiger partial charge in [0.2, 0.25) is 0 Å². The molecule has 3 atom stereocenters. The van der Waals surface area contributed by atoms with E-state index >= 15 is 0 Å². The first-order valence-corrected chi connectivity index (χ1v) is 10.5. The first-order valence-electron chi connectivity index (χ1n) is 9.15. The average Bonchev–Trinajstić information content (AvgIpc) is 3.36. The molecule has 2 bridgehead atoms. The molecule has 1 aromatic rings. The number of ether oxygens (including phenoxy) is 2. The lowest BCUT2D eigenvalue weighted by molar-refractivity contribution is 0.156. The molecule has 25 heavy (non-hydrogen) atoms. The maximum atomic E-state index is 13.1. The summed E-state index contributed by atoms with van der Waals surface area (Å²) >= 11 is 0. The Labute approximate surface area is 149 Å². The van der Waals surface area contributed by atoms with Crippen molar-refractivity contribution < 1.29 is 17.9 Å². The van der Waals surface area contributed by atoms with Crippen molar-refractivity contribution in [2.45, 2.75) is 44.2 Å². The fourth-order valence-electron chi connectivity index (χ4n) is 4.53. The summed E-state index contributed by atoms with van der Waals surface area (Å²) in [5.74, 6) is 1.95. The zero-order chi connectivity index (χ0) is 17.4. The summed E-state index contributed by atoms with van der Waals surface area (Å²) in [4.78, 5) is 0. The summed E-state index contributed by atoms with van der Waals surface area (Å²) in [6.07, 6.45) is 5.00. The molecule has 0 amide bonds. The summed E-state index contributed by atoms with van der Waals surface area (Å²) < 4.78 is 40.8. The quantitative estimate of drug-likeness (QED) is 0.775. The number of benzene rings is 1. The molecule has 1 aliphatic carbocycles. The van der Waals surface area contributed by atoms with Gasteiger partial charge in [-0.3, -0.25) is 0 Å². The van der Waals surface area contributed by atoms with E-state index in [1.54, 1.807) is 15.7 Å². The van der Waals surface area contributed by atoms with Crippen molar-refractivity contribution in [3.05, 3.63) is 24.3 Å². The maximum absolute atomic E-state index is 13.1. The second-order valence-electron chi connectivity index (χ2n) is 7.22. The Hall–Kier alpha value is -1.31. The van der Waals surface area contributed by atoms with Gasteiger partial charge in [-0.05, 0) is 62.3 Å². The van der Waals surface area contributed by atoms with Crippen molar-refractivity contribution in [1.82, 2.24) is 8.61 Å². The van der Waals surface area contributed by atoms with Crippen molar-refractivity contribution in [1.29, 1.82) is 0 Å². The van der Waals surface area contributed by atoms with Crippen molar-refractivity contribution in [3.8, 4) is 11.5 Å². The van der Waals surface area contributed by atoms with Gasteiger partial charge in [0.05, 0.1) is 13.2 Å². The molecule has 4 rings (SSSR count). The average molecular weight is 366 g/mol. The molecule has 7 heteroatoms. The highest BCUT2D eigenvalue weighted by Crippen LogP contribution is 2.45. The highest BCUT2D eigenvalue weighted by Gasteiger charge is 2.53. The van der Waals surface area contributed by atoms with Gasteiger partial charge in [-0.25, -0.2) is 0 Å². The Morgan fingerprint density at radius 1 is 1.08 bits per heavy atom. The van der Waals surface area contributed by atoms with Crippen LogP contribution < -0.4 is 9.47 Å². The number of rotatable bonds is 6. The number of hydrogen-bond donors (Lipinski definition) is 0. The first kappa shape index (κ1) is 17.1. The predicted molar refractivity (Wildman–Crippen MR) is 95.0 cm³/mol. The van der Waals surface area contributed by atoms with Crippen LogP contribution in [0.3, 0.4) is 0 Å². The molecule has 1 aromatic carbocycles. The third-order valence-electron chi connectivity index (χ3n) is 5.81. The molecule has 0 spiro atoms. The van der Waals surface area contributed by atoms with Crippen LogP contribution in [0.15, 0.2) is 24.3 Å². The number of fused-ring (bicyclic) bond motifs is 2. The lowest BCUT2D eigenvalue weighted by Gasteiger charge is -2.36. The van der Waals surface area contributed by atoms with E-state index in [2.05, 4.69) is 0 Å². The third-order valence-corrected chi connectivity index (χ3v) is 7.93. The van der Waals surface area contributed by atoms with E-state index in [-0.39, 0.29) is 12.1 Å². The molecule has 1 saturated carbocycles. The van der Waals surface area contributed by atoms with Gasteiger partial charge in [0.1, 0.15) is 18.1 Å². The molecule has 2 saturated heterocycles. The van der Waals surface area contributed by atoms with E-state index in [1.165, 1.54) is 0 Å². The molecule has 0 N–H and O–H groups in total. The highest BCUT2D eigenvalue weighted by molar-refractivity contribution is 7.86. The molecule has 3 fully saturated rings. The largest absolute Gasteiger partial charge is 0.497 e. The molecule has 2 aliphatic heterocycles. The van der Waals surface area contributed by atoms with Crippen LogP contribution in [0.5, 0.6) is 11.5 Å². The van der Waals surface area contributed by atoms with Gasteiger partial charge >= 0.3 is 0 Å². The van der Waals surface area contributed by atoms with Gasteiger partial charge in [0.15, 0.2) is 0 Å². The monoisotopic (exact) mass is 366 g/mol. The molecule has 2 heterocycles. The van der Waals surface area contributed by atoms with E-state index in [9.17, 15) is 8.42 Å². The Kier molecular flexibility index (Phi) is 4.64. The van der Waals surface area contributed by atoms with Gasteiger partial charge in [-0.2, -0.15) is 17.0 Å². The summed E-state index contributed by atoms with van der Waals surface area (Å²) in [5.41, 5.74) is 0. The Bertz CT molecular complexity index is 700. The van der Waals surface area contributed by atoms with Gasteiger partial charge in [0, 0.05) is 19.1 Å². The number of hydrogen-bond acceptors (Lipinski definition) is 4. The number of piperidine rings is 1. The summed E-state index contributed by atoms with van der Waals surface area (Å²) in [7, 11) is -1.74. The Morgan fingerprint density at radius 3 is 2.44 bits per heavy atom. The predicted octanol–water partition coefficient (Wildman–Crippen LogP) is 2.27. The molecular weight excluding hydrogens is 340 g/mol. The normalized spacial score (nSPS) is 30.0. The van der Waals surface area contributed by atoms with Crippen LogP contribution in [0.1, 0.15) is 32.1 Å². The zero-order valence-corrected chi connectivity index (χ0v) is 15.5. The van der Waals surface area contributed by atoms with Gasteiger partial charge in [-0.15, -0.1) is 0 Å². The topological polar surface area (TPSA) is 59.1 Å². The lowest BCUT2D eigenvalue weighted by atomic mass is 10.0. The van der Waals surface area contributed by atoms with E-state index in [0.717, 1.165) is 43.6 Å². The van der Waals surface area contributed by atoms with Crippen LogP contribution in [-0.2, 0) is 10.2 Å². The molecule has 0 unspecified atom stereocenters. The minimum atomic E-state index is -3.37. The smallest absolute Gasteiger partial charge is 0.282 e. The standard InChI is InChI=1S/C18H26N2O4S/c1-23-16-6-8-17(9-7-16)24-13-18-14-4-5-15(12-14)20(18)25(21,22)19-10-2-3-11-19/h6-9,14-15,18H,2-5,10-13H2,1H3/t14-,15-,18-/m1/s1. The van der Waals surface area contributed by atoms with Gasteiger partial charge < -0.3 is 9.47 Å². The maximum Gasteiger partial charge on any atom is 0.282 e. The molecule has 3 aliphatic rings. The van der Waals surface area contributed by atoms with Crippen molar-refractivity contribution in [2.75, 3.05) is 26.8 Å². The van der Waals surface area contributed by atoms with Crippen LogP contribution in [-0.4, -0.2) is 55.9 Å². The molecular formula is C18H26N2O4S. The fourth-order valence-corrected chi connectivity index (χ4v) is 6.66. The summed E-state index contributed by atoms with van der Waals surface area (Å²) in [5, 5.41) is 0. The van der Waals surface area contributed by atoms with Crippen LogP contribution in [0.2, 0.25) is 0 Å². The molecule has 138 valence electrons. The Balaban J connectivity index is 1.48. The number of methoxy groups -OCH3 is 1. The van der Waals surface area contributed by atoms with Gasteiger partial charge in [0.25, 0.3) is 10.2 Å². The third kappa shape index (κ3) is 3.13. The van der Waals surface area contributed by atoms with E-state index < -0.39 is 10.2 Å². The van der Waals surface area contributed by atoms with E-state index in [1.807, 2.05) is 24.3 Å². The minimum Gasteiger partial charge on any atom is -0.497 e. The molecule has 6 nitrogen and oxygen atoms in total. The second kappa shape index (κ2) is 6.78. The fraction of sp³-hybridized carbons (Fsp3) is 0.667. The summed E-state index contributed by atoms with van der Waals surface area (Å²) in [6, 6.07) is 7.55. The SMILES string of the molecule is COc1ccc(OC[C@@H]2[C@@H]3CC[C@H](C3)N2S(=O)(=O)N2CCCC2)cc1. The minimum absolute atomic E-state index is 0.0496. The first-order chi connectivity index (χ1) is 12.1. The van der Waals surface area contributed by atoms with Crippen LogP contribution >= 0.6 is 0 Å². The van der Waals surface area contributed by atoms with Crippen LogP contribution in [0.4, 0.5) is 0 Å². The zero-order valence-electron chi connectivity index (χ0n) is 14.6. The molecule has 0 radical (unpaired) electrons. The molecule has 0 aromatic heterocycles. The number of nitrogens with zero attached hydrogens (tertiary/aromatic N) is 2. The van der Waals surface area contributed by atoms with Crippen molar-refractivity contribution >= 4 is 10.2 Å². The van der Waals surface area contributed by atoms with E-state index in [0.29, 0.717) is 25.6 Å².